The highest BCUT2D eigenvalue weighted by molar-refractivity contribution is 7.99. The van der Waals surface area contributed by atoms with Crippen LogP contribution in [0.1, 0.15) is 15.9 Å². The van der Waals surface area contributed by atoms with Crippen molar-refractivity contribution in [2.24, 2.45) is 0 Å². The largest absolute Gasteiger partial charge is 0.452 e. The summed E-state index contributed by atoms with van der Waals surface area (Å²) >= 11 is 1.66. The Labute approximate surface area is 139 Å². The second kappa shape index (κ2) is 8.95. The molecule has 5 nitrogen and oxygen atoms in total. The molecular formula is C17H18N2O3S. The van der Waals surface area contributed by atoms with E-state index in [-0.39, 0.29) is 12.5 Å². The van der Waals surface area contributed by atoms with Gasteiger partial charge in [0.2, 0.25) is 0 Å². The van der Waals surface area contributed by atoms with Gasteiger partial charge in [-0.15, -0.1) is 11.8 Å². The van der Waals surface area contributed by atoms with Crippen molar-refractivity contribution in [2.45, 2.75) is 11.8 Å². The third-order valence-corrected chi connectivity index (χ3v) is 3.98. The zero-order chi connectivity index (χ0) is 16.5. The lowest BCUT2D eigenvalue weighted by Gasteiger charge is -2.06. The number of hydrogen-bond acceptors (Lipinski definition) is 5. The van der Waals surface area contributed by atoms with E-state index in [1.807, 2.05) is 6.92 Å². The van der Waals surface area contributed by atoms with Gasteiger partial charge in [-0.3, -0.25) is 9.78 Å². The fourth-order valence-corrected chi connectivity index (χ4v) is 2.52. The van der Waals surface area contributed by atoms with E-state index in [4.69, 9.17) is 4.74 Å². The topological polar surface area (TPSA) is 68.3 Å². The smallest absolute Gasteiger partial charge is 0.338 e. The van der Waals surface area contributed by atoms with E-state index in [0.717, 1.165) is 10.6 Å². The van der Waals surface area contributed by atoms with Gasteiger partial charge in [0.15, 0.2) is 6.61 Å². The molecule has 0 aliphatic rings. The molecule has 23 heavy (non-hydrogen) atoms. The molecule has 0 bridgehead atoms. The van der Waals surface area contributed by atoms with Crippen LogP contribution in [0.4, 0.5) is 0 Å². The van der Waals surface area contributed by atoms with Crippen LogP contribution in [0, 0.1) is 6.92 Å². The Morgan fingerprint density at radius 1 is 1.13 bits per heavy atom. The van der Waals surface area contributed by atoms with Crippen molar-refractivity contribution >= 4 is 23.6 Å². The third-order valence-electron chi connectivity index (χ3n) is 2.96. The number of aromatic nitrogens is 1. The minimum atomic E-state index is -0.531. The highest BCUT2D eigenvalue weighted by atomic mass is 32.2. The monoisotopic (exact) mass is 330 g/mol. The molecule has 0 atom stereocenters. The number of benzene rings is 1. The van der Waals surface area contributed by atoms with Crippen molar-refractivity contribution in [3.05, 3.63) is 59.9 Å². The van der Waals surface area contributed by atoms with Crippen molar-refractivity contribution in [3.8, 4) is 0 Å². The van der Waals surface area contributed by atoms with Gasteiger partial charge >= 0.3 is 5.97 Å². The SMILES string of the molecule is Cc1ccc(SCCNC(=O)COC(=O)c2ccncc2)cc1. The first-order valence-electron chi connectivity index (χ1n) is 7.18. The number of rotatable bonds is 7. The Bertz CT molecular complexity index is 645. The maximum absolute atomic E-state index is 11.7. The quantitative estimate of drug-likeness (QED) is 0.480. The maximum atomic E-state index is 11.7. The second-order valence-corrected chi connectivity index (χ2v) is 5.99. The summed E-state index contributed by atoms with van der Waals surface area (Å²) < 4.78 is 4.93. The predicted molar refractivity (Wildman–Crippen MR) is 89.4 cm³/mol. The van der Waals surface area contributed by atoms with Crippen molar-refractivity contribution < 1.29 is 14.3 Å². The minimum absolute atomic E-state index is 0.281. The number of esters is 1. The summed E-state index contributed by atoms with van der Waals surface area (Å²) in [6, 6.07) is 11.3. The predicted octanol–water partition coefficient (Wildman–Crippen LogP) is 2.46. The van der Waals surface area contributed by atoms with E-state index < -0.39 is 5.97 Å². The standard InChI is InChI=1S/C17H18N2O3S/c1-13-2-4-15(5-3-13)23-11-10-19-16(20)12-22-17(21)14-6-8-18-9-7-14/h2-9H,10-12H2,1H3,(H,19,20). The summed E-state index contributed by atoms with van der Waals surface area (Å²) in [6.45, 7) is 2.28. The number of aryl methyl sites for hydroxylation is 1. The van der Waals surface area contributed by atoms with E-state index in [1.54, 1.807) is 23.9 Å². The van der Waals surface area contributed by atoms with Gasteiger partial charge in [-0.05, 0) is 31.2 Å². The van der Waals surface area contributed by atoms with Gasteiger partial charge in [0.1, 0.15) is 0 Å². The Morgan fingerprint density at radius 3 is 2.52 bits per heavy atom. The Kier molecular flexibility index (Phi) is 6.62. The number of amides is 1. The molecule has 1 heterocycles. The van der Waals surface area contributed by atoms with Crippen molar-refractivity contribution in [1.29, 1.82) is 0 Å². The zero-order valence-electron chi connectivity index (χ0n) is 12.8. The van der Waals surface area contributed by atoms with Gasteiger partial charge in [-0.2, -0.15) is 0 Å². The van der Waals surface area contributed by atoms with Gasteiger partial charge in [0.25, 0.3) is 5.91 Å². The van der Waals surface area contributed by atoms with Gasteiger partial charge in [0.05, 0.1) is 5.56 Å². The average Bonchev–Trinajstić information content (AvgIpc) is 2.59. The van der Waals surface area contributed by atoms with E-state index in [1.165, 1.54) is 18.0 Å². The second-order valence-electron chi connectivity index (χ2n) is 4.82. The molecule has 1 aromatic heterocycles. The molecule has 2 aromatic rings. The van der Waals surface area contributed by atoms with Gasteiger partial charge in [-0.25, -0.2) is 4.79 Å². The van der Waals surface area contributed by atoms with Crippen LogP contribution in [0.25, 0.3) is 0 Å². The molecule has 120 valence electrons. The minimum Gasteiger partial charge on any atom is -0.452 e. The highest BCUT2D eigenvalue weighted by Crippen LogP contribution is 2.17. The van der Waals surface area contributed by atoms with Crippen molar-refractivity contribution in [1.82, 2.24) is 10.3 Å². The van der Waals surface area contributed by atoms with E-state index in [9.17, 15) is 9.59 Å². The Hall–Kier alpha value is -2.34. The summed E-state index contributed by atoms with van der Waals surface area (Å²) in [7, 11) is 0. The third kappa shape index (κ3) is 6.12. The summed E-state index contributed by atoms with van der Waals surface area (Å²) in [6.07, 6.45) is 3.00. The number of nitrogens with zero attached hydrogens (tertiary/aromatic N) is 1. The van der Waals surface area contributed by atoms with Gasteiger partial charge in [0, 0.05) is 29.6 Å². The van der Waals surface area contributed by atoms with Crippen LogP contribution in [-0.4, -0.2) is 35.8 Å². The first-order valence-corrected chi connectivity index (χ1v) is 8.17. The summed E-state index contributed by atoms with van der Waals surface area (Å²) in [4.78, 5) is 28.3. The number of hydrogen-bond donors (Lipinski definition) is 1. The molecule has 0 aliphatic heterocycles. The van der Waals surface area contributed by atoms with E-state index in [0.29, 0.717) is 12.1 Å². The number of thioether (sulfide) groups is 1. The summed E-state index contributed by atoms with van der Waals surface area (Å²) in [5.41, 5.74) is 1.60. The molecule has 2 rings (SSSR count). The Morgan fingerprint density at radius 2 is 1.83 bits per heavy atom. The molecular weight excluding hydrogens is 312 g/mol. The lowest BCUT2D eigenvalue weighted by atomic mass is 10.2. The Balaban J connectivity index is 1.62. The molecule has 0 spiro atoms. The maximum Gasteiger partial charge on any atom is 0.338 e. The number of carbonyl (C=O) groups excluding carboxylic acids is 2. The lowest BCUT2D eigenvalue weighted by molar-refractivity contribution is -0.124. The average molecular weight is 330 g/mol. The van der Waals surface area contributed by atoms with Gasteiger partial charge in [-0.1, -0.05) is 17.7 Å². The molecule has 0 saturated carbocycles. The highest BCUT2D eigenvalue weighted by Gasteiger charge is 2.09. The van der Waals surface area contributed by atoms with Crippen molar-refractivity contribution in [2.75, 3.05) is 18.9 Å². The molecule has 1 N–H and O–H groups in total. The molecule has 0 aliphatic carbocycles. The fraction of sp³-hybridized carbons (Fsp3) is 0.235. The van der Waals surface area contributed by atoms with Gasteiger partial charge < -0.3 is 10.1 Å². The van der Waals surface area contributed by atoms with E-state index in [2.05, 4.69) is 34.6 Å². The first kappa shape index (κ1) is 17.0. The zero-order valence-corrected chi connectivity index (χ0v) is 13.6. The molecule has 0 radical (unpaired) electrons. The van der Waals surface area contributed by atoms with Crippen LogP contribution in [0.3, 0.4) is 0 Å². The number of carbonyl (C=O) groups is 2. The molecule has 0 fully saturated rings. The number of ether oxygens (including phenoxy) is 1. The van der Waals surface area contributed by atoms with Crippen LogP contribution < -0.4 is 5.32 Å². The van der Waals surface area contributed by atoms with Crippen LogP contribution in [-0.2, 0) is 9.53 Å². The fourth-order valence-electron chi connectivity index (χ4n) is 1.75. The van der Waals surface area contributed by atoms with Crippen LogP contribution in [0.2, 0.25) is 0 Å². The molecule has 6 heteroatoms. The summed E-state index contributed by atoms with van der Waals surface area (Å²) in [5, 5.41) is 2.72. The number of pyridine rings is 1. The molecule has 1 aromatic carbocycles. The number of nitrogens with one attached hydrogen (secondary N) is 1. The van der Waals surface area contributed by atoms with Crippen LogP contribution in [0.15, 0.2) is 53.7 Å². The lowest BCUT2D eigenvalue weighted by Crippen LogP contribution is -2.30. The molecule has 0 saturated heterocycles. The van der Waals surface area contributed by atoms with Crippen molar-refractivity contribution in [3.63, 3.8) is 0 Å². The van der Waals surface area contributed by atoms with E-state index >= 15 is 0 Å². The molecule has 0 unspecified atom stereocenters. The molecule has 1 amide bonds. The first-order chi connectivity index (χ1) is 11.1. The van der Waals surface area contributed by atoms with Crippen LogP contribution in [0.5, 0.6) is 0 Å². The normalized spacial score (nSPS) is 10.1. The summed E-state index contributed by atoms with van der Waals surface area (Å²) in [5.74, 6) is -0.0823. The van der Waals surface area contributed by atoms with Crippen LogP contribution >= 0.6 is 11.8 Å².